The molecule has 1 aromatic carbocycles. The van der Waals surface area contributed by atoms with Gasteiger partial charge >= 0.3 is 12.1 Å². The number of aromatic hydroxyl groups is 2. The summed E-state index contributed by atoms with van der Waals surface area (Å²) < 4.78 is 28.2. The minimum atomic E-state index is -4.16. The molecule has 2 heterocycles. The molecule has 0 aliphatic carbocycles. The van der Waals surface area contributed by atoms with Crippen molar-refractivity contribution in [2.24, 2.45) is 0 Å². The van der Waals surface area contributed by atoms with Crippen LogP contribution in [0.4, 0.5) is 4.79 Å². The number of sulfone groups is 1. The maximum Gasteiger partial charge on any atom is 0.407 e. The third-order valence-electron chi connectivity index (χ3n) is 5.65. The normalized spacial score (nSPS) is 24.5. The lowest BCUT2D eigenvalue weighted by molar-refractivity contribution is -0.158. The molecule has 0 unspecified atom stereocenters. The fraction of sp³-hybridized carbons (Fsp3) is 0.421. The molecular formula is C19H21N3O11S. The smallest absolute Gasteiger partial charge is 0.407 e. The first-order valence-electron chi connectivity index (χ1n) is 9.79. The molecular weight excluding hydrogens is 478 g/mol. The van der Waals surface area contributed by atoms with Gasteiger partial charge in [-0.05, 0) is 25.1 Å². The predicted octanol–water partition coefficient (Wildman–Crippen LogP) is -1.68. The Morgan fingerprint density at radius 1 is 1.15 bits per heavy atom. The van der Waals surface area contributed by atoms with E-state index in [4.69, 9.17) is 4.74 Å². The van der Waals surface area contributed by atoms with Gasteiger partial charge in [-0.25, -0.2) is 18.0 Å². The largest absolute Gasteiger partial charge is 0.504 e. The van der Waals surface area contributed by atoms with Gasteiger partial charge in [0, 0.05) is 5.56 Å². The number of carboxylic acid groups (broad SMARTS) is 1. The molecule has 0 bridgehead atoms. The third-order valence-corrected chi connectivity index (χ3v) is 8.40. The summed E-state index contributed by atoms with van der Waals surface area (Å²) in [6, 6.07) is 1.56. The van der Waals surface area contributed by atoms with Gasteiger partial charge in [-0.3, -0.25) is 14.4 Å². The number of carbonyl (C=O) groups is 5. The van der Waals surface area contributed by atoms with E-state index in [1.165, 1.54) is 6.07 Å². The van der Waals surface area contributed by atoms with Crippen LogP contribution in [0.3, 0.4) is 0 Å². The van der Waals surface area contributed by atoms with Crippen LogP contribution in [0.5, 0.6) is 11.5 Å². The van der Waals surface area contributed by atoms with E-state index < -0.39 is 86.9 Å². The van der Waals surface area contributed by atoms with Crippen LogP contribution in [-0.2, 0) is 29.0 Å². The Kier molecular flexibility index (Phi) is 6.42. The number of β-lactam (4-membered cyclic amide) rings is 1. The Balaban J connectivity index is 1.50. The first-order valence-corrected chi connectivity index (χ1v) is 11.3. The van der Waals surface area contributed by atoms with Crippen molar-refractivity contribution in [2.45, 2.75) is 29.5 Å². The lowest BCUT2D eigenvalue weighted by Gasteiger charge is -2.35. The van der Waals surface area contributed by atoms with Crippen LogP contribution >= 0.6 is 0 Å². The SMILES string of the molecule is C[C@]1(COC(=O)NCC(=O)CNC(=O)c2ccc(O)c(O)c2)[C@H](C(=O)O)N2C(=O)C[C@H]2S1(=O)=O. The number of benzene rings is 1. The molecule has 3 amide bonds. The van der Waals surface area contributed by atoms with E-state index in [1.54, 1.807) is 0 Å². The van der Waals surface area contributed by atoms with Crippen LogP contribution < -0.4 is 10.6 Å². The summed E-state index contributed by atoms with van der Waals surface area (Å²) in [7, 11) is -4.16. The zero-order valence-corrected chi connectivity index (χ0v) is 18.5. The minimum Gasteiger partial charge on any atom is -0.504 e. The maximum absolute atomic E-state index is 12.7. The Labute approximate surface area is 192 Å². The van der Waals surface area contributed by atoms with Crippen LogP contribution in [-0.4, -0.2) is 94.2 Å². The highest BCUT2D eigenvalue weighted by Crippen LogP contribution is 2.46. The lowest BCUT2D eigenvalue weighted by Crippen LogP contribution is -2.58. The van der Waals surface area contributed by atoms with E-state index in [0.29, 0.717) is 0 Å². The second kappa shape index (κ2) is 8.81. The van der Waals surface area contributed by atoms with Crippen molar-refractivity contribution in [2.75, 3.05) is 19.7 Å². The third kappa shape index (κ3) is 4.21. The number of nitrogens with one attached hydrogen (secondary N) is 2. The van der Waals surface area contributed by atoms with E-state index in [-0.39, 0.29) is 12.0 Å². The number of amides is 3. The average molecular weight is 499 g/mol. The standard InChI is InChI=1S/C19H21N3O11S/c1-19(15(17(28)29)22-13(26)5-14(22)34(19,31)32)8-33-18(30)21-7-10(23)6-20-16(27)9-2-3-11(24)12(25)4-9/h2-4,14-15,24-25H,5-8H2,1H3,(H,20,27)(H,21,30)(H,28,29)/t14-,15+,19+/m1/s1. The number of hydrogen-bond acceptors (Lipinski definition) is 10. The van der Waals surface area contributed by atoms with Crippen molar-refractivity contribution in [3.8, 4) is 11.5 Å². The number of carboxylic acids is 1. The van der Waals surface area contributed by atoms with Gasteiger partial charge in [0.1, 0.15) is 16.7 Å². The van der Waals surface area contributed by atoms with Crippen molar-refractivity contribution in [1.29, 1.82) is 0 Å². The molecule has 3 rings (SSSR count). The Hall–Kier alpha value is -3.88. The van der Waals surface area contributed by atoms with Gasteiger partial charge < -0.3 is 35.6 Å². The summed E-state index contributed by atoms with van der Waals surface area (Å²) in [6.07, 6.45) is -1.55. The van der Waals surface area contributed by atoms with Gasteiger partial charge in [-0.15, -0.1) is 0 Å². The van der Waals surface area contributed by atoms with Crippen molar-refractivity contribution in [1.82, 2.24) is 15.5 Å². The van der Waals surface area contributed by atoms with E-state index in [0.717, 1.165) is 24.0 Å². The summed E-state index contributed by atoms with van der Waals surface area (Å²) >= 11 is 0. The number of nitrogens with zero attached hydrogens (tertiary/aromatic N) is 1. The fourth-order valence-corrected chi connectivity index (χ4v) is 5.98. The number of phenols is 2. The van der Waals surface area contributed by atoms with E-state index in [1.807, 2.05) is 0 Å². The number of ketones is 1. The summed E-state index contributed by atoms with van der Waals surface area (Å²) in [4.78, 5) is 60.0. The Morgan fingerprint density at radius 3 is 2.38 bits per heavy atom. The van der Waals surface area contributed by atoms with Crippen LogP contribution in [0.25, 0.3) is 0 Å². The first kappa shape index (κ1) is 24.8. The molecule has 5 N–H and O–H groups in total. The molecule has 2 fully saturated rings. The van der Waals surface area contributed by atoms with Gasteiger partial charge in [-0.2, -0.15) is 0 Å². The number of phenolic OH excluding ortho intramolecular Hbond substituents is 2. The fourth-order valence-electron chi connectivity index (χ4n) is 3.71. The molecule has 2 saturated heterocycles. The summed E-state index contributed by atoms with van der Waals surface area (Å²) in [5.41, 5.74) is -0.0299. The number of Topliss-reactive ketones (excluding diaryl/α,β-unsaturated/α-hetero) is 1. The van der Waals surface area contributed by atoms with Gasteiger partial charge in [0.15, 0.2) is 33.2 Å². The molecule has 0 aromatic heterocycles. The van der Waals surface area contributed by atoms with E-state index in [9.17, 15) is 47.7 Å². The number of fused-ring (bicyclic) bond motifs is 1. The van der Waals surface area contributed by atoms with Gasteiger partial charge in [0.05, 0.1) is 19.5 Å². The van der Waals surface area contributed by atoms with Crippen LogP contribution in [0.2, 0.25) is 0 Å². The Bertz CT molecular complexity index is 1180. The highest BCUT2D eigenvalue weighted by atomic mass is 32.2. The topological polar surface area (TPSA) is 217 Å². The number of hydrogen-bond donors (Lipinski definition) is 5. The molecule has 0 saturated carbocycles. The van der Waals surface area contributed by atoms with Crippen molar-refractivity contribution >= 4 is 39.5 Å². The van der Waals surface area contributed by atoms with Gasteiger partial charge in [-0.1, -0.05) is 0 Å². The minimum absolute atomic E-state index is 0.0299. The average Bonchev–Trinajstić information content (AvgIpc) is 2.91. The summed E-state index contributed by atoms with van der Waals surface area (Å²) in [5, 5.41) is 31.1. The zero-order chi connectivity index (χ0) is 25.4. The Morgan fingerprint density at radius 2 is 1.79 bits per heavy atom. The van der Waals surface area contributed by atoms with Crippen LogP contribution in [0, 0.1) is 0 Å². The van der Waals surface area contributed by atoms with Crippen molar-refractivity contribution < 1.29 is 52.4 Å². The molecule has 0 spiro atoms. The molecule has 184 valence electrons. The molecule has 15 heteroatoms. The monoisotopic (exact) mass is 499 g/mol. The number of carbonyl (C=O) groups excluding carboxylic acids is 4. The maximum atomic E-state index is 12.7. The van der Waals surface area contributed by atoms with Gasteiger partial charge in [0.2, 0.25) is 5.91 Å². The van der Waals surface area contributed by atoms with Crippen LogP contribution in [0.1, 0.15) is 23.7 Å². The molecule has 2 aliphatic heterocycles. The highest BCUT2D eigenvalue weighted by Gasteiger charge is 2.70. The van der Waals surface area contributed by atoms with E-state index >= 15 is 0 Å². The first-order chi connectivity index (χ1) is 15.8. The zero-order valence-electron chi connectivity index (χ0n) is 17.7. The number of ether oxygens (including phenoxy) is 1. The molecule has 0 radical (unpaired) electrons. The van der Waals surface area contributed by atoms with Gasteiger partial charge in [0.25, 0.3) is 5.91 Å². The molecule has 2 aliphatic rings. The quantitative estimate of drug-likeness (QED) is 0.201. The second-order valence-electron chi connectivity index (χ2n) is 7.91. The van der Waals surface area contributed by atoms with Crippen molar-refractivity contribution in [3.05, 3.63) is 23.8 Å². The van der Waals surface area contributed by atoms with E-state index in [2.05, 4.69) is 10.6 Å². The number of aliphatic carboxylic acids is 1. The second-order valence-corrected chi connectivity index (χ2v) is 10.5. The predicted molar refractivity (Wildman–Crippen MR) is 110 cm³/mol. The molecule has 14 nitrogen and oxygen atoms in total. The molecule has 3 atom stereocenters. The lowest BCUT2D eigenvalue weighted by atomic mass is 9.97. The number of rotatable bonds is 8. The highest BCUT2D eigenvalue weighted by molar-refractivity contribution is 7.94. The van der Waals surface area contributed by atoms with Crippen LogP contribution in [0.15, 0.2) is 18.2 Å². The van der Waals surface area contributed by atoms with Crippen molar-refractivity contribution in [3.63, 3.8) is 0 Å². The molecule has 1 aromatic rings. The summed E-state index contributed by atoms with van der Waals surface area (Å²) in [5.74, 6) is -4.54. The number of alkyl carbamates (subject to hydrolysis) is 1. The molecule has 34 heavy (non-hydrogen) atoms. The summed E-state index contributed by atoms with van der Waals surface area (Å²) in [6.45, 7) is -0.902.